The van der Waals surface area contributed by atoms with Gasteiger partial charge >= 0.3 is 5.97 Å². The molecule has 6 heteroatoms. The predicted molar refractivity (Wildman–Crippen MR) is 78.7 cm³/mol. The maximum Gasteiger partial charge on any atom is 0.306 e. The number of hydrogen-bond acceptors (Lipinski definition) is 4. The molecule has 21 heavy (non-hydrogen) atoms. The van der Waals surface area contributed by atoms with Gasteiger partial charge in [0.2, 0.25) is 5.91 Å². The first-order valence-corrected chi connectivity index (χ1v) is 6.68. The summed E-state index contributed by atoms with van der Waals surface area (Å²) < 4.78 is 4.73. The Bertz CT molecular complexity index is 511. The topological polar surface area (TPSA) is 75.7 Å². The normalized spacial score (nSPS) is 9.86. The van der Waals surface area contributed by atoms with Crippen molar-refractivity contribution in [2.45, 2.75) is 20.3 Å². The van der Waals surface area contributed by atoms with Gasteiger partial charge in [-0.25, -0.2) is 0 Å². The summed E-state index contributed by atoms with van der Waals surface area (Å²) in [6.07, 6.45) is 0.213. The quantitative estimate of drug-likeness (QED) is 0.803. The van der Waals surface area contributed by atoms with Crippen molar-refractivity contribution in [1.29, 1.82) is 0 Å². The van der Waals surface area contributed by atoms with Crippen molar-refractivity contribution in [3.05, 3.63) is 29.8 Å². The van der Waals surface area contributed by atoms with Crippen LogP contribution in [0.3, 0.4) is 0 Å². The lowest BCUT2D eigenvalue weighted by Gasteiger charge is -2.16. The number of aryl methyl sites for hydroxylation is 1. The molecule has 0 saturated carbocycles. The molecule has 2 amide bonds. The molecule has 0 unspecified atom stereocenters. The first-order chi connectivity index (χ1) is 9.92. The van der Waals surface area contributed by atoms with E-state index in [1.54, 1.807) is 19.1 Å². The number of hydrogen-bond donors (Lipinski definition) is 1. The fraction of sp³-hybridized carbons (Fsp3) is 0.400. The van der Waals surface area contributed by atoms with Gasteiger partial charge in [-0.1, -0.05) is 24.6 Å². The number of nitrogens with zero attached hydrogens (tertiary/aromatic N) is 1. The van der Waals surface area contributed by atoms with Crippen molar-refractivity contribution >= 4 is 23.5 Å². The maximum atomic E-state index is 11.8. The number of ether oxygens (including phenoxy) is 1. The summed E-state index contributed by atoms with van der Waals surface area (Å²) in [5.74, 6) is -1.17. The van der Waals surface area contributed by atoms with Crippen LogP contribution >= 0.6 is 0 Å². The van der Waals surface area contributed by atoms with Crippen LogP contribution in [0.1, 0.15) is 18.9 Å². The van der Waals surface area contributed by atoms with Gasteiger partial charge in [-0.2, -0.15) is 0 Å². The number of carbonyl (C=O) groups excluding carboxylic acids is 3. The van der Waals surface area contributed by atoms with Crippen molar-refractivity contribution in [1.82, 2.24) is 4.90 Å². The van der Waals surface area contributed by atoms with E-state index in [0.717, 1.165) is 5.56 Å². The van der Waals surface area contributed by atoms with E-state index in [2.05, 4.69) is 5.32 Å². The third-order valence-electron chi connectivity index (χ3n) is 2.79. The third-order valence-corrected chi connectivity index (χ3v) is 2.79. The first-order valence-electron chi connectivity index (χ1n) is 6.68. The molecule has 0 bridgehead atoms. The second kappa shape index (κ2) is 8.04. The fourth-order valence-electron chi connectivity index (χ4n) is 1.50. The van der Waals surface area contributed by atoms with Crippen LogP contribution in [-0.2, 0) is 19.1 Å². The van der Waals surface area contributed by atoms with E-state index in [4.69, 9.17) is 4.74 Å². The minimum atomic E-state index is -0.444. The van der Waals surface area contributed by atoms with E-state index >= 15 is 0 Å². The monoisotopic (exact) mass is 292 g/mol. The number of benzene rings is 1. The molecule has 0 spiro atoms. The van der Waals surface area contributed by atoms with Crippen LogP contribution < -0.4 is 5.32 Å². The summed E-state index contributed by atoms with van der Waals surface area (Å²) in [4.78, 5) is 35.6. The van der Waals surface area contributed by atoms with Gasteiger partial charge in [0, 0.05) is 19.2 Å². The highest BCUT2D eigenvalue weighted by atomic mass is 16.5. The summed E-state index contributed by atoms with van der Waals surface area (Å²) >= 11 is 0. The summed E-state index contributed by atoms with van der Waals surface area (Å²) in [5, 5.41) is 2.69. The van der Waals surface area contributed by atoms with E-state index in [-0.39, 0.29) is 25.5 Å². The molecule has 0 radical (unpaired) electrons. The molecule has 0 fully saturated rings. The molecule has 0 heterocycles. The van der Waals surface area contributed by atoms with Gasteiger partial charge < -0.3 is 15.0 Å². The van der Waals surface area contributed by atoms with Crippen LogP contribution in [0, 0.1) is 6.92 Å². The molecule has 0 aliphatic rings. The van der Waals surface area contributed by atoms with Crippen LogP contribution in [0.2, 0.25) is 0 Å². The van der Waals surface area contributed by atoms with E-state index in [1.807, 2.05) is 19.1 Å². The molecule has 0 atom stereocenters. The molecule has 1 aromatic rings. The standard InChI is InChI=1S/C15H20N2O4/c1-4-15(20)21-10-14(19)17(3)9-13(18)16-12-7-5-11(2)6-8-12/h5-8H,4,9-10H2,1-3H3,(H,16,18). The highest BCUT2D eigenvalue weighted by Crippen LogP contribution is 2.08. The number of nitrogens with one attached hydrogen (secondary N) is 1. The minimum absolute atomic E-state index is 0.101. The van der Waals surface area contributed by atoms with Gasteiger partial charge in [-0.15, -0.1) is 0 Å². The largest absolute Gasteiger partial charge is 0.456 e. The molecule has 0 aromatic heterocycles. The van der Waals surface area contributed by atoms with Gasteiger partial charge in [0.25, 0.3) is 5.91 Å². The van der Waals surface area contributed by atoms with Crippen molar-refractivity contribution in [3.8, 4) is 0 Å². The van der Waals surface area contributed by atoms with Crippen molar-refractivity contribution in [2.24, 2.45) is 0 Å². The molecule has 114 valence electrons. The van der Waals surface area contributed by atoms with Crippen LogP contribution in [0.25, 0.3) is 0 Å². The molecule has 1 rings (SSSR count). The van der Waals surface area contributed by atoms with Crippen LogP contribution in [-0.4, -0.2) is 42.9 Å². The number of carbonyl (C=O) groups is 3. The van der Waals surface area contributed by atoms with Gasteiger partial charge in [-0.3, -0.25) is 14.4 Å². The van der Waals surface area contributed by atoms with Gasteiger partial charge in [0.1, 0.15) is 0 Å². The lowest BCUT2D eigenvalue weighted by atomic mass is 10.2. The van der Waals surface area contributed by atoms with Crippen molar-refractivity contribution in [2.75, 3.05) is 25.5 Å². The Morgan fingerprint density at radius 3 is 2.38 bits per heavy atom. The summed E-state index contributed by atoms with van der Waals surface area (Å²) in [6.45, 7) is 3.15. The van der Waals surface area contributed by atoms with Gasteiger partial charge in [-0.05, 0) is 19.1 Å². The molecular formula is C15H20N2O4. The number of rotatable bonds is 6. The number of anilines is 1. The fourth-order valence-corrected chi connectivity index (χ4v) is 1.50. The third kappa shape index (κ3) is 6.07. The lowest BCUT2D eigenvalue weighted by molar-refractivity contribution is -0.151. The Morgan fingerprint density at radius 1 is 1.19 bits per heavy atom. The Balaban J connectivity index is 2.41. The van der Waals surface area contributed by atoms with Crippen LogP contribution in [0.15, 0.2) is 24.3 Å². The molecular weight excluding hydrogens is 272 g/mol. The van der Waals surface area contributed by atoms with Gasteiger partial charge in [0.05, 0.1) is 6.54 Å². The lowest BCUT2D eigenvalue weighted by Crippen LogP contribution is -2.37. The summed E-state index contributed by atoms with van der Waals surface area (Å²) in [7, 11) is 1.48. The van der Waals surface area contributed by atoms with Crippen molar-refractivity contribution < 1.29 is 19.1 Å². The van der Waals surface area contributed by atoms with E-state index < -0.39 is 11.9 Å². The van der Waals surface area contributed by atoms with Crippen molar-refractivity contribution in [3.63, 3.8) is 0 Å². The molecule has 1 aromatic carbocycles. The zero-order valence-corrected chi connectivity index (χ0v) is 12.5. The Labute approximate surface area is 124 Å². The number of esters is 1. The molecule has 1 N–H and O–H groups in total. The SMILES string of the molecule is CCC(=O)OCC(=O)N(C)CC(=O)Nc1ccc(C)cc1. The van der Waals surface area contributed by atoms with E-state index in [1.165, 1.54) is 11.9 Å². The molecule has 0 saturated heterocycles. The minimum Gasteiger partial charge on any atom is -0.456 e. The summed E-state index contributed by atoms with van der Waals surface area (Å²) in [6, 6.07) is 7.35. The Morgan fingerprint density at radius 2 is 1.81 bits per heavy atom. The van der Waals surface area contributed by atoms with Gasteiger partial charge in [0.15, 0.2) is 6.61 Å². The molecule has 0 aliphatic carbocycles. The van der Waals surface area contributed by atoms with E-state index in [9.17, 15) is 14.4 Å². The highest BCUT2D eigenvalue weighted by Gasteiger charge is 2.14. The smallest absolute Gasteiger partial charge is 0.306 e. The Kier molecular flexibility index (Phi) is 6.39. The average molecular weight is 292 g/mol. The molecule has 0 aliphatic heterocycles. The zero-order valence-electron chi connectivity index (χ0n) is 12.5. The highest BCUT2D eigenvalue weighted by molar-refractivity contribution is 5.94. The van der Waals surface area contributed by atoms with Crippen LogP contribution in [0.4, 0.5) is 5.69 Å². The zero-order chi connectivity index (χ0) is 15.8. The maximum absolute atomic E-state index is 11.8. The summed E-state index contributed by atoms with van der Waals surface area (Å²) in [5.41, 5.74) is 1.77. The Hall–Kier alpha value is -2.37. The van der Waals surface area contributed by atoms with E-state index in [0.29, 0.717) is 5.69 Å². The number of likely N-dealkylation sites (N-methyl/N-ethyl adjacent to an activating group) is 1. The average Bonchev–Trinajstić information content (AvgIpc) is 2.46. The number of amides is 2. The predicted octanol–water partition coefficient (Wildman–Crippen LogP) is 1.35. The molecule has 6 nitrogen and oxygen atoms in total. The second-order valence-corrected chi connectivity index (χ2v) is 4.68. The second-order valence-electron chi connectivity index (χ2n) is 4.68. The first kappa shape index (κ1) is 16.7. The van der Waals surface area contributed by atoms with Crippen LogP contribution in [0.5, 0.6) is 0 Å².